The third-order valence-corrected chi connectivity index (χ3v) is 7.65. The minimum Gasteiger partial charge on any atom is -0.427 e. The molecule has 0 amide bonds. The van der Waals surface area contributed by atoms with E-state index in [0.29, 0.717) is 25.7 Å². The molecule has 31 heavy (non-hydrogen) atoms. The molecule has 2 heterocycles. The van der Waals surface area contributed by atoms with Gasteiger partial charge in [0.25, 0.3) is 0 Å². The Morgan fingerprint density at radius 3 is 2.19 bits per heavy atom. The fourth-order valence-electron chi connectivity index (χ4n) is 5.83. The number of ether oxygens (including phenoxy) is 3. The third kappa shape index (κ3) is 4.93. The standard InChI is InChI=1S/C21H36O10/c22-8-16-17(26)18(27)19(28)21(31-16)30-15-7-12-13(25)5-11(24)6-14(12)29-20(15)9-1-3-10(23)4-2-9/h9-28H,1-8H2/p+1/t9?,10?,11?,12?,13?,14?,15?,16-,17+,18+,19-,20?,21+/m1/s1. The highest BCUT2D eigenvalue weighted by Crippen LogP contribution is 2.42. The molecule has 4 fully saturated rings. The van der Waals surface area contributed by atoms with Crippen molar-refractivity contribution in [3.8, 4) is 0 Å². The van der Waals surface area contributed by atoms with Gasteiger partial charge in [-0.25, -0.2) is 0 Å². The van der Waals surface area contributed by atoms with Crippen molar-refractivity contribution < 1.29 is 50.0 Å². The van der Waals surface area contributed by atoms with Gasteiger partial charge in [0.1, 0.15) is 30.5 Å². The highest BCUT2D eigenvalue weighted by atomic mass is 16.7. The van der Waals surface area contributed by atoms with Gasteiger partial charge in [-0.3, -0.25) is 0 Å². The second kappa shape index (κ2) is 9.84. The van der Waals surface area contributed by atoms with Crippen LogP contribution in [0, 0.1) is 11.8 Å². The topological polar surface area (TPSA) is 173 Å². The van der Waals surface area contributed by atoms with Gasteiger partial charge in [0, 0.05) is 18.8 Å². The summed E-state index contributed by atoms with van der Waals surface area (Å²) in [5.41, 5.74) is 0. The Hall–Kier alpha value is -0.400. The fraction of sp³-hybridized carbons (Fsp3) is 1.00. The van der Waals surface area contributed by atoms with Crippen LogP contribution in [0.25, 0.3) is 0 Å². The monoisotopic (exact) mass is 449 g/mol. The van der Waals surface area contributed by atoms with E-state index in [2.05, 4.69) is 0 Å². The Labute approximate surface area is 181 Å². The summed E-state index contributed by atoms with van der Waals surface area (Å²) < 4.78 is 16.7. The molecule has 10 heteroatoms. The van der Waals surface area contributed by atoms with Gasteiger partial charge in [-0.05, 0) is 32.1 Å². The second-order valence-corrected chi connectivity index (χ2v) is 9.74. The molecule has 2 saturated carbocycles. The summed E-state index contributed by atoms with van der Waals surface area (Å²) in [6, 6.07) is 0. The quantitative estimate of drug-likeness (QED) is 0.229. The van der Waals surface area contributed by atoms with Crippen LogP contribution in [0.5, 0.6) is 0 Å². The molecular weight excluding hydrogens is 412 g/mol. The van der Waals surface area contributed by atoms with E-state index < -0.39 is 55.6 Å². The van der Waals surface area contributed by atoms with E-state index in [1.807, 2.05) is 0 Å². The molecule has 0 aromatic carbocycles. The van der Waals surface area contributed by atoms with E-state index in [1.54, 1.807) is 0 Å². The average molecular weight is 450 g/mol. The summed E-state index contributed by atoms with van der Waals surface area (Å²) in [5, 5.41) is 70.6. The molecule has 8 N–H and O–H groups in total. The Balaban J connectivity index is 1.52. The van der Waals surface area contributed by atoms with Crippen LogP contribution in [0.4, 0.5) is 0 Å². The van der Waals surface area contributed by atoms with Crippen molar-refractivity contribution in [3.05, 3.63) is 0 Å². The summed E-state index contributed by atoms with van der Waals surface area (Å²) in [6.45, 7) is -0.537. The summed E-state index contributed by atoms with van der Waals surface area (Å²) in [7, 11) is 0. The molecule has 4 rings (SSSR count). The Bertz CT molecular complexity index is 583. The Kier molecular flexibility index (Phi) is 7.54. The van der Waals surface area contributed by atoms with Crippen molar-refractivity contribution in [3.63, 3.8) is 0 Å². The zero-order chi connectivity index (χ0) is 22.3. The van der Waals surface area contributed by atoms with E-state index in [9.17, 15) is 35.7 Å². The van der Waals surface area contributed by atoms with Crippen molar-refractivity contribution in [1.82, 2.24) is 0 Å². The molecule has 0 aromatic heterocycles. The maximum atomic E-state index is 10.5. The lowest BCUT2D eigenvalue weighted by Crippen LogP contribution is -2.62. The SMILES string of the molecule is OC[C@H]1O[C@H](OC2CC3C(O)CC(O)CC3[OH+]C2C2CCC(O)CC2)[C@H](O)[C@@H](O)[C@H]1O. The molecule has 6 unspecified atom stereocenters. The number of aliphatic hydroxyl groups excluding tert-OH is 7. The summed E-state index contributed by atoms with van der Waals surface area (Å²) in [6.07, 6.45) is -5.29. The van der Waals surface area contributed by atoms with Gasteiger partial charge in [-0.2, -0.15) is 0 Å². The first-order chi connectivity index (χ1) is 14.8. The van der Waals surface area contributed by atoms with Gasteiger partial charge in [-0.1, -0.05) is 0 Å². The molecule has 0 radical (unpaired) electrons. The van der Waals surface area contributed by atoms with Crippen LogP contribution in [0.1, 0.15) is 44.9 Å². The van der Waals surface area contributed by atoms with Crippen molar-refractivity contribution >= 4 is 0 Å². The maximum absolute atomic E-state index is 10.5. The first kappa shape index (κ1) is 23.7. The molecule has 0 aromatic rings. The van der Waals surface area contributed by atoms with Crippen LogP contribution < -0.4 is 0 Å². The molecule has 10 nitrogen and oxygen atoms in total. The zero-order valence-electron chi connectivity index (χ0n) is 17.6. The van der Waals surface area contributed by atoms with Crippen LogP contribution in [-0.2, 0) is 9.47 Å². The highest BCUT2D eigenvalue weighted by molar-refractivity contribution is 4.97. The number of aliphatic hydroxyl groups is 9. The predicted molar refractivity (Wildman–Crippen MR) is 106 cm³/mol. The van der Waals surface area contributed by atoms with Gasteiger partial charge >= 0.3 is 0 Å². The summed E-state index contributed by atoms with van der Waals surface area (Å²) >= 11 is 0. The number of hydrogen-bond acceptors (Lipinski definition) is 9. The lowest BCUT2D eigenvalue weighted by Gasteiger charge is -2.48. The largest absolute Gasteiger partial charge is 0.427 e. The van der Waals surface area contributed by atoms with Gasteiger partial charge < -0.3 is 50.0 Å². The second-order valence-electron chi connectivity index (χ2n) is 9.74. The van der Waals surface area contributed by atoms with Crippen molar-refractivity contribution in [2.45, 2.75) is 112 Å². The molecular formula is C21H37O10+. The Morgan fingerprint density at radius 1 is 0.806 bits per heavy atom. The molecule has 0 spiro atoms. The normalized spacial score (nSPS) is 53.7. The molecule has 2 aliphatic carbocycles. The number of fused-ring (bicyclic) bond motifs is 1. The van der Waals surface area contributed by atoms with E-state index >= 15 is 0 Å². The third-order valence-electron chi connectivity index (χ3n) is 7.65. The van der Waals surface area contributed by atoms with Crippen molar-refractivity contribution in [2.24, 2.45) is 11.8 Å². The molecule has 180 valence electrons. The molecule has 4 aliphatic rings. The first-order valence-corrected chi connectivity index (χ1v) is 11.5. The van der Waals surface area contributed by atoms with E-state index in [-0.39, 0.29) is 36.6 Å². The zero-order valence-corrected chi connectivity index (χ0v) is 17.6. The minimum atomic E-state index is -1.53. The van der Waals surface area contributed by atoms with E-state index in [0.717, 1.165) is 12.8 Å². The average Bonchev–Trinajstić information content (AvgIpc) is 2.74. The smallest absolute Gasteiger partial charge is 0.187 e. The van der Waals surface area contributed by atoms with Crippen LogP contribution in [0.15, 0.2) is 0 Å². The van der Waals surface area contributed by atoms with E-state index in [1.165, 1.54) is 0 Å². The van der Waals surface area contributed by atoms with Crippen LogP contribution in [-0.4, -0.2) is 114 Å². The molecule has 2 aliphatic heterocycles. The molecule has 11 atom stereocenters. The first-order valence-electron chi connectivity index (χ1n) is 11.5. The Morgan fingerprint density at radius 2 is 1.52 bits per heavy atom. The lowest BCUT2D eigenvalue weighted by atomic mass is 9.73. The lowest BCUT2D eigenvalue weighted by molar-refractivity contribution is -0.355. The fourth-order valence-corrected chi connectivity index (χ4v) is 5.83. The summed E-state index contributed by atoms with van der Waals surface area (Å²) in [5.74, 6) is -0.0424. The van der Waals surface area contributed by atoms with Crippen LogP contribution in [0.2, 0.25) is 0 Å². The molecule has 2 saturated heterocycles. The highest BCUT2D eigenvalue weighted by Gasteiger charge is 2.54. The maximum Gasteiger partial charge on any atom is 0.187 e. The minimum absolute atomic E-state index is 0.149. The summed E-state index contributed by atoms with van der Waals surface area (Å²) in [4.78, 5) is 0. The molecule has 0 bridgehead atoms. The van der Waals surface area contributed by atoms with Gasteiger partial charge in [-0.15, -0.1) is 0 Å². The number of hydrogen-bond donors (Lipinski definition) is 7. The van der Waals surface area contributed by atoms with Crippen molar-refractivity contribution in [1.29, 1.82) is 0 Å². The van der Waals surface area contributed by atoms with Crippen molar-refractivity contribution in [2.75, 3.05) is 6.61 Å². The van der Waals surface area contributed by atoms with Gasteiger partial charge in [0.05, 0.1) is 30.8 Å². The van der Waals surface area contributed by atoms with Gasteiger partial charge in [0.2, 0.25) is 0 Å². The van der Waals surface area contributed by atoms with Crippen LogP contribution >= 0.6 is 0 Å². The predicted octanol–water partition coefficient (Wildman–Crippen LogP) is -2.48. The van der Waals surface area contributed by atoms with Gasteiger partial charge in [0.15, 0.2) is 18.5 Å². The van der Waals surface area contributed by atoms with Crippen LogP contribution in [0.3, 0.4) is 0 Å². The van der Waals surface area contributed by atoms with E-state index in [4.69, 9.17) is 14.2 Å². The number of rotatable bonds is 4.